The van der Waals surface area contributed by atoms with Crippen LogP contribution in [0.3, 0.4) is 0 Å². The summed E-state index contributed by atoms with van der Waals surface area (Å²) in [5.41, 5.74) is 7.98. The summed E-state index contributed by atoms with van der Waals surface area (Å²) in [6.07, 6.45) is 1.47. The molecule has 4 nitrogen and oxygen atoms in total. The highest BCUT2D eigenvalue weighted by atomic mass is 32.1. The summed E-state index contributed by atoms with van der Waals surface area (Å²) in [6.45, 7) is 14.0. The molecular weight excluding hydrogens is 464 g/mol. The van der Waals surface area contributed by atoms with E-state index < -0.39 is 17.2 Å². The standard InChI is InChI=1S/C31H34N2O2S/c1-17-15-23(22-10-8-9-20-18(2)16-32-28(20)22)21(11-12-25-24(13-14-36-25)31(6,7)35)26-19(3)29(34)30(4,5)33-27(17)26/h8-10,13-16,19,29,32-35H,1-7H3/t19-,29+/m0/s1. The second-order valence-corrected chi connectivity index (χ2v) is 12.1. The molecule has 0 amide bonds. The number of para-hydroxylation sites is 1. The van der Waals surface area contributed by atoms with Gasteiger partial charge in [0.15, 0.2) is 0 Å². The van der Waals surface area contributed by atoms with Gasteiger partial charge in [-0.25, -0.2) is 0 Å². The third-order valence-electron chi connectivity index (χ3n) is 7.52. The number of aromatic nitrogens is 1. The van der Waals surface area contributed by atoms with Crippen molar-refractivity contribution in [3.05, 3.63) is 74.6 Å². The summed E-state index contributed by atoms with van der Waals surface area (Å²) < 4.78 is 0. The molecule has 0 unspecified atom stereocenters. The van der Waals surface area contributed by atoms with Gasteiger partial charge < -0.3 is 20.5 Å². The molecule has 186 valence electrons. The molecule has 0 spiro atoms. The van der Waals surface area contributed by atoms with Crippen LogP contribution < -0.4 is 5.32 Å². The van der Waals surface area contributed by atoms with Crippen molar-refractivity contribution in [2.24, 2.45) is 0 Å². The van der Waals surface area contributed by atoms with E-state index in [1.807, 2.05) is 31.5 Å². The number of aliphatic hydroxyl groups is 2. The van der Waals surface area contributed by atoms with Crippen molar-refractivity contribution in [1.82, 2.24) is 4.98 Å². The molecule has 36 heavy (non-hydrogen) atoms. The number of aliphatic hydroxyl groups excluding tert-OH is 1. The molecule has 0 bridgehead atoms. The van der Waals surface area contributed by atoms with Crippen LogP contribution in [0.4, 0.5) is 5.69 Å². The third-order valence-corrected chi connectivity index (χ3v) is 8.35. The number of rotatable bonds is 2. The van der Waals surface area contributed by atoms with E-state index in [4.69, 9.17) is 0 Å². The minimum atomic E-state index is -0.970. The lowest BCUT2D eigenvalue weighted by Crippen LogP contribution is -2.50. The summed E-state index contributed by atoms with van der Waals surface area (Å²) >= 11 is 1.54. The van der Waals surface area contributed by atoms with Crippen molar-refractivity contribution in [2.45, 2.75) is 71.6 Å². The zero-order valence-corrected chi connectivity index (χ0v) is 22.8. The Labute approximate surface area is 217 Å². The quantitative estimate of drug-likeness (QED) is 0.230. The highest BCUT2D eigenvalue weighted by Gasteiger charge is 2.41. The first kappa shape index (κ1) is 24.6. The fourth-order valence-electron chi connectivity index (χ4n) is 5.52. The SMILES string of the molecule is Cc1cc(-c2cccc3c(C)c[nH]c23)c(C#Cc2sccc2C(C)(C)O)c2c1NC(C)(C)[C@H](O)[C@H]2C. The second-order valence-electron chi connectivity index (χ2n) is 11.2. The number of hydrogen-bond donors (Lipinski definition) is 4. The molecule has 0 saturated heterocycles. The van der Waals surface area contributed by atoms with E-state index in [-0.39, 0.29) is 5.92 Å². The van der Waals surface area contributed by atoms with Crippen LogP contribution in [0.5, 0.6) is 0 Å². The van der Waals surface area contributed by atoms with E-state index in [9.17, 15) is 10.2 Å². The lowest BCUT2D eigenvalue weighted by atomic mass is 9.75. The maximum atomic E-state index is 11.3. The molecule has 2 atom stereocenters. The maximum absolute atomic E-state index is 11.3. The summed E-state index contributed by atoms with van der Waals surface area (Å²) in [5, 5.41) is 28.7. The Hall–Kier alpha value is -3.04. The van der Waals surface area contributed by atoms with Crippen LogP contribution in [-0.4, -0.2) is 26.8 Å². The molecule has 0 saturated carbocycles. The Balaban J connectivity index is 1.83. The Bertz CT molecular complexity index is 1540. The summed E-state index contributed by atoms with van der Waals surface area (Å²) in [5.74, 6) is 6.80. The van der Waals surface area contributed by atoms with Gasteiger partial charge in [-0.05, 0) is 75.7 Å². The van der Waals surface area contributed by atoms with Crippen molar-refractivity contribution in [3.8, 4) is 23.0 Å². The first-order valence-electron chi connectivity index (χ1n) is 12.4. The van der Waals surface area contributed by atoms with Gasteiger partial charge in [-0.3, -0.25) is 0 Å². The van der Waals surface area contributed by atoms with E-state index in [0.717, 1.165) is 49.5 Å². The van der Waals surface area contributed by atoms with Crippen LogP contribution in [0, 0.1) is 25.7 Å². The van der Waals surface area contributed by atoms with Gasteiger partial charge in [-0.1, -0.05) is 37.0 Å². The number of thiophene rings is 1. The van der Waals surface area contributed by atoms with Gasteiger partial charge in [-0.2, -0.15) is 0 Å². The zero-order chi connectivity index (χ0) is 26.0. The summed E-state index contributed by atoms with van der Waals surface area (Å²) in [7, 11) is 0. The first-order valence-corrected chi connectivity index (χ1v) is 13.3. The molecule has 3 heterocycles. The lowest BCUT2D eigenvalue weighted by molar-refractivity contribution is 0.0788. The van der Waals surface area contributed by atoms with Crippen molar-refractivity contribution in [3.63, 3.8) is 0 Å². The molecule has 1 aliphatic rings. The summed E-state index contributed by atoms with van der Waals surface area (Å²) in [4.78, 5) is 4.32. The van der Waals surface area contributed by atoms with Crippen molar-refractivity contribution in [2.75, 3.05) is 5.32 Å². The van der Waals surface area contributed by atoms with Gasteiger partial charge in [0, 0.05) is 45.4 Å². The Morgan fingerprint density at radius 2 is 1.81 bits per heavy atom. The molecule has 5 rings (SSSR count). The van der Waals surface area contributed by atoms with E-state index in [0.29, 0.717) is 0 Å². The monoisotopic (exact) mass is 498 g/mol. The third kappa shape index (κ3) is 3.94. The molecule has 2 aromatic carbocycles. The van der Waals surface area contributed by atoms with Crippen LogP contribution in [0.15, 0.2) is 41.9 Å². The highest BCUT2D eigenvalue weighted by molar-refractivity contribution is 7.10. The highest BCUT2D eigenvalue weighted by Crippen LogP contribution is 2.46. The molecule has 2 aromatic heterocycles. The average Bonchev–Trinajstić information content (AvgIpc) is 3.44. The molecule has 0 aliphatic carbocycles. The predicted molar refractivity (Wildman–Crippen MR) is 151 cm³/mol. The van der Waals surface area contributed by atoms with E-state index in [1.54, 1.807) is 25.2 Å². The van der Waals surface area contributed by atoms with Crippen LogP contribution in [0.25, 0.3) is 22.0 Å². The van der Waals surface area contributed by atoms with Crippen LogP contribution in [0.2, 0.25) is 0 Å². The zero-order valence-electron chi connectivity index (χ0n) is 22.0. The van der Waals surface area contributed by atoms with Gasteiger partial charge in [-0.15, -0.1) is 11.3 Å². The van der Waals surface area contributed by atoms with Crippen molar-refractivity contribution < 1.29 is 10.2 Å². The predicted octanol–water partition coefficient (Wildman–Crippen LogP) is 6.81. The Morgan fingerprint density at radius 1 is 1.06 bits per heavy atom. The van der Waals surface area contributed by atoms with E-state index in [1.165, 1.54) is 10.9 Å². The number of anilines is 1. The van der Waals surface area contributed by atoms with E-state index in [2.05, 4.69) is 67.2 Å². The summed E-state index contributed by atoms with van der Waals surface area (Å²) in [6, 6.07) is 10.5. The largest absolute Gasteiger partial charge is 0.390 e. The Kier molecular flexibility index (Phi) is 5.83. The number of H-pyrrole nitrogens is 1. The number of aromatic amines is 1. The van der Waals surface area contributed by atoms with Gasteiger partial charge in [0.2, 0.25) is 0 Å². The second kappa shape index (κ2) is 8.52. The van der Waals surface area contributed by atoms with E-state index >= 15 is 0 Å². The van der Waals surface area contributed by atoms with Crippen LogP contribution in [-0.2, 0) is 5.60 Å². The average molecular weight is 499 g/mol. The van der Waals surface area contributed by atoms with Crippen molar-refractivity contribution in [1.29, 1.82) is 0 Å². The Morgan fingerprint density at radius 3 is 2.53 bits per heavy atom. The number of nitrogens with one attached hydrogen (secondary N) is 2. The lowest BCUT2D eigenvalue weighted by Gasteiger charge is -2.43. The number of aryl methyl sites for hydroxylation is 2. The fraction of sp³-hybridized carbons (Fsp3) is 0.355. The van der Waals surface area contributed by atoms with Gasteiger partial charge >= 0.3 is 0 Å². The molecule has 5 heteroatoms. The van der Waals surface area contributed by atoms with Crippen molar-refractivity contribution >= 4 is 27.9 Å². The minimum Gasteiger partial charge on any atom is -0.390 e. The van der Waals surface area contributed by atoms with Gasteiger partial charge in [0.25, 0.3) is 0 Å². The van der Waals surface area contributed by atoms with Gasteiger partial charge in [0.05, 0.1) is 27.6 Å². The first-order chi connectivity index (χ1) is 16.9. The molecule has 1 aliphatic heterocycles. The molecular formula is C31H34N2O2S. The molecule has 4 N–H and O–H groups in total. The number of benzene rings is 2. The molecule has 0 radical (unpaired) electrons. The smallest absolute Gasteiger partial charge is 0.0860 e. The number of fused-ring (bicyclic) bond motifs is 2. The molecule has 4 aromatic rings. The topological polar surface area (TPSA) is 68.3 Å². The van der Waals surface area contributed by atoms with Gasteiger partial charge in [0.1, 0.15) is 0 Å². The maximum Gasteiger partial charge on any atom is 0.0860 e. The number of hydrogen-bond acceptors (Lipinski definition) is 4. The fourth-order valence-corrected chi connectivity index (χ4v) is 6.41. The normalized spacial score (nSPS) is 18.9. The molecule has 0 fully saturated rings. The van der Waals surface area contributed by atoms with Crippen LogP contribution in [0.1, 0.15) is 73.2 Å². The minimum absolute atomic E-state index is 0.110. The van der Waals surface area contributed by atoms with Crippen LogP contribution >= 0.6 is 11.3 Å².